The van der Waals surface area contributed by atoms with Crippen LogP contribution in [0.25, 0.3) is 10.6 Å². The van der Waals surface area contributed by atoms with E-state index in [1.165, 1.54) is 11.3 Å². The fraction of sp³-hybridized carbons (Fsp3) is 0.444. The molecule has 1 aromatic heterocycles. The number of aromatic nitrogens is 1. The van der Waals surface area contributed by atoms with E-state index in [0.717, 1.165) is 42.1 Å². The van der Waals surface area contributed by atoms with Crippen molar-refractivity contribution in [3.05, 3.63) is 35.3 Å². The minimum Gasteiger partial charge on any atom is -0.494 e. The van der Waals surface area contributed by atoms with Gasteiger partial charge in [0.1, 0.15) is 16.5 Å². The van der Waals surface area contributed by atoms with E-state index in [-0.39, 0.29) is 11.9 Å². The number of likely N-dealkylation sites (tertiary alicyclic amines) is 1. The van der Waals surface area contributed by atoms with Crippen molar-refractivity contribution in [2.75, 3.05) is 19.7 Å². The van der Waals surface area contributed by atoms with Gasteiger partial charge in [-0.15, -0.1) is 11.3 Å². The van der Waals surface area contributed by atoms with Gasteiger partial charge in [0.25, 0.3) is 5.91 Å². The Kier molecular flexibility index (Phi) is 5.48. The van der Waals surface area contributed by atoms with Gasteiger partial charge >= 0.3 is 0 Å². The van der Waals surface area contributed by atoms with Gasteiger partial charge in [-0.1, -0.05) is 6.92 Å². The van der Waals surface area contributed by atoms with Crippen LogP contribution in [0.5, 0.6) is 5.75 Å². The summed E-state index contributed by atoms with van der Waals surface area (Å²) in [7, 11) is 0. The zero-order valence-electron chi connectivity index (χ0n) is 13.9. The molecule has 2 N–H and O–H groups in total. The Morgan fingerprint density at radius 3 is 2.92 bits per heavy atom. The summed E-state index contributed by atoms with van der Waals surface area (Å²) in [5.74, 6) is 0.839. The molecule has 1 fully saturated rings. The van der Waals surface area contributed by atoms with E-state index in [1.54, 1.807) is 0 Å². The standard InChI is InChI=1S/C18H23N3O2S/c1-2-10-23-15-7-5-13(6-8-15)17-20-16(12-24-17)18(22)21-9-3-4-14(19)11-21/h5-8,12,14H,2-4,9-11,19H2,1H3. The molecule has 1 aliphatic rings. The number of thiazole rings is 1. The number of nitrogens with zero attached hydrogens (tertiary/aromatic N) is 2. The van der Waals surface area contributed by atoms with Crippen LogP contribution in [0.2, 0.25) is 0 Å². The molecule has 128 valence electrons. The minimum atomic E-state index is -0.0180. The quantitative estimate of drug-likeness (QED) is 0.904. The first-order valence-electron chi connectivity index (χ1n) is 8.41. The summed E-state index contributed by atoms with van der Waals surface area (Å²) in [6, 6.07) is 7.93. The van der Waals surface area contributed by atoms with Gasteiger partial charge in [0, 0.05) is 30.1 Å². The molecule has 1 saturated heterocycles. The average Bonchev–Trinajstić information content (AvgIpc) is 3.10. The van der Waals surface area contributed by atoms with E-state index >= 15 is 0 Å². The Morgan fingerprint density at radius 2 is 2.21 bits per heavy atom. The van der Waals surface area contributed by atoms with Gasteiger partial charge in [-0.2, -0.15) is 0 Å². The monoisotopic (exact) mass is 345 g/mol. The van der Waals surface area contributed by atoms with Crippen molar-refractivity contribution in [2.24, 2.45) is 5.73 Å². The molecule has 3 rings (SSSR count). The summed E-state index contributed by atoms with van der Waals surface area (Å²) in [6.07, 6.45) is 2.93. The lowest BCUT2D eigenvalue weighted by Gasteiger charge is -2.30. The predicted octanol–water partition coefficient (Wildman–Crippen LogP) is 3.16. The maximum atomic E-state index is 12.6. The van der Waals surface area contributed by atoms with Crippen LogP contribution >= 0.6 is 11.3 Å². The highest BCUT2D eigenvalue weighted by Gasteiger charge is 2.24. The summed E-state index contributed by atoms with van der Waals surface area (Å²) in [4.78, 5) is 18.9. The van der Waals surface area contributed by atoms with Gasteiger partial charge in [0.15, 0.2) is 0 Å². The summed E-state index contributed by atoms with van der Waals surface area (Å²) >= 11 is 1.49. The summed E-state index contributed by atoms with van der Waals surface area (Å²) in [5.41, 5.74) is 7.47. The number of nitrogens with two attached hydrogens (primary N) is 1. The number of hydrogen-bond acceptors (Lipinski definition) is 5. The van der Waals surface area contributed by atoms with E-state index < -0.39 is 0 Å². The van der Waals surface area contributed by atoms with Gasteiger partial charge in [0.05, 0.1) is 6.61 Å². The average molecular weight is 345 g/mol. The Labute approximate surface area is 146 Å². The molecule has 1 amide bonds. The zero-order chi connectivity index (χ0) is 16.9. The number of hydrogen-bond donors (Lipinski definition) is 1. The van der Waals surface area contributed by atoms with Gasteiger partial charge in [0.2, 0.25) is 0 Å². The molecule has 2 heterocycles. The maximum Gasteiger partial charge on any atom is 0.273 e. The molecule has 0 spiro atoms. The van der Waals surface area contributed by atoms with Crippen LogP contribution in [0.3, 0.4) is 0 Å². The van der Waals surface area contributed by atoms with Crippen molar-refractivity contribution in [1.29, 1.82) is 0 Å². The highest BCUT2D eigenvalue weighted by Crippen LogP contribution is 2.26. The lowest BCUT2D eigenvalue weighted by atomic mass is 10.1. The van der Waals surface area contributed by atoms with Crippen LogP contribution in [0.4, 0.5) is 0 Å². The third kappa shape index (κ3) is 3.94. The molecule has 24 heavy (non-hydrogen) atoms. The molecule has 0 bridgehead atoms. The first-order valence-corrected chi connectivity index (χ1v) is 9.29. The molecule has 5 nitrogen and oxygen atoms in total. The Bertz CT molecular complexity index is 684. The first kappa shape index (κ1) is 16.9. The number of amides is 1. The molecule has 0 radical (unpaired) electrons. The number of ether oxygens (including phenoxy) is 1. The van der Waals surface area contributed by atoms with Crippen LogP contribution in [0, 0.1) is 0 Å². The summed E-state index contributed by atoms with van der Waals surface area (Å²) in [6.45, 7) is 4.18. The van der Waals surface area contributed by atoms with Crippen molar-refractivity contribution in [2.45, 2.75) is 32.2 Å². The predicted molar refractivity (Wildman–Crippen MR) is 96.4 cm³/mol. The van der Waals surface area contributed by atoms with Crippen molar-refractivity contribution in [3.63, 3.8) is 0 Å². The summed E-state index contributed by atoms with van der Waals surface area (Å²) in [5, 5.41) is 2.68. The third-order valence-corrected chi connectivity index (χ3v) is 4.93. The Balaban J connectivity index is 1.69. The number of benzene rings is 1. The smallest absolute Gasteiger partial charge is 0.273 e. The molecule has 6 heteroatoms. The molecular formula is C18H23N3O2S. The highest BCUT2D eigenvalue weighted by molar-refractivity contribution is 7.13. The molecule has 2 aromatic rings. The van der Waals surface area contributed by atoms with Crippen LogP contribution in [0.1, 0.15) is 36.7 Å². The maximum absolute atomic E-state index is 12.6. The van der Waals surface area contributed by atoms with E-state index in [1.807, 2.05) is 34.5 Å². The lowest BCUT2D eigenvalue weighted by molar-refractivity contribution is 0.0704. The van der Waals surface area contributed by atoms with Crippen LogP contribution in [-0.4, -0.2) is 41.5 Å². The van der Waals surface area contributed by atoms with Crippen molar-refractivity contribution in [3.8, 4) is 16.3 Å². The number of piperidine rings is 1. The molecule has 0 saturated carbocycles. The fourth-order valence-electron chi connectivity index (χ4n) is 2.77. The number of rotatable bonds is 5. The molecule has 1 unspecified atom stereocenters. The molecule has 1 atom stereocenters. The van der Waals surface area contributed by atoms with Crippen molar-refractivity contribution < 1.29 is 9.53 Å². The Morgan fingerprint density at radius 1 is 1.42 bits per heavy atom. The summed E-state index contributed by atoms with van der Waals surface area (Å²) < 4.78 is 5.59. The lowest BCUT2D eigenvalue weighted by Crippen LogP contribution is -2.45. The second-order valence-electron chi connectivity index (χ2n) is 6.06. The SMILES string of the molecule is CCCOc1ccc(-c2nc(C(=O)N3CCCC(N)C3)cs2)cc1. The van der Waals surface area contributed by atoms with E-state index in [4.69, 9.17) is 10.5 Å². The van der Waals surface area contributed by atoms with Crippen LogP contribution in [-0.2, 0) is 0 Å². The normalized spacial score (nSPS) is 17.8. The third-order valence-electron chi connectivity index (χ3n) is 4.04. The topological polar surface area (TPSA) is 68.5 Å². The highest BCUT2D eigenvalue weighted by atomic mass is 32.1. The Hall–Kier alpha value is -1.92. The zero-order valence-corrected chi connectivity index (χ0v) is 14.7. The second-order valence-corrected chi connectivity index (χ2v) is 6.92. The van der Waals surface area contributed by atoms with Crippen LogP contribution < -0.4 is 10.5 Å². The van der Waals surface area contributed by atoms with Gasteiger partial charge in [-0.05, 0) is 43.5 Å². The van der Waals surface area contributed by atoms with Crippen molar-refractivity contribution in [1.82, 2.24) is 9.88 Å². The van der Waals surface area contributed by atoms with Crippen LogP contribution in [0.15, 0.2) is 29.6 Å². The number of carbonyl (C=O) groups excluding carboxylic acids is 1. The molecule has 1 aliphatic heterocycles. The fourth-order valence-corrected chi connectivity index (χ4v) is 3.57. The molecule has 0 aliphatic carbocycles. The van der Waals surface area contributed by atoms with Gasteiger partial charge in [-0.3, -0.25) is 4.79 Å². The molecule has 1 aromatic carbocycles. The largest absolute Gasteiger partial charge is 0.494 e. The molecular weight excluding hydrogens is 322 g/mol. The van der Waals surface area contributed by atoms with Crippen molar-refractivity contribution >= 4 is 17.2 Å². The van der Waals surface area contributed by atoms with Gasteiger partial charge in [-0.25, -0.2) is 4.98 Å². The van der Waals surface area contributed by atoms with E-state index in [9.17, 15) is 4.79 Å². The van der Waals surface area contributed by atoms with Gasteiger partial charge < -0.3 is 15.4 Å². The van der Waals surface area contributed by atoms with E-state index in [0.29, 0.717) is 18.8 Å². The second kappa shape index (κ2) is 7.77. The number of carbonyl (C=O) groups is 1. The minimum absolute atomic E-state index is 0.0180. The van der Waals surface area contributed by atoms with E-state index in [2.05, 4.69) is 11.9 Å². The first-order chi connectivity index (χ1) is 11.7.